The molecule has 1 aromatic carbocycles. The number of carboxylic acids is 1. The molecule has 4 aliphatic carbocycles. The van der Waals surface area contributed by atoms with Crippen LogP contribution >= 0.6 is 0 Å². The fraction of sp³-hybridized carbons (Fsp3) is 0.645. The zero-order valence-corrected chi connectivity index (χ0v) is 22.9. The quantitative estimate of drug-likeness (QED) is 0.442. The number of allylic oxidation sites excluding steroid dienone is 2. The van der Waals surface area contributed by atoms with E-state index in [2.05, 4.69) is 37.3 Å². The molecule has 3 fully saturated rings. The van der Waals surface area contributed by atoms with E-state index in [0.29, 0.717) is 17.8 Å². The van der Waals surface area contributed by atoms with E-state index < -0.39 is 23.5 Å². The molecule has 0 saturated heterocycles. The van der Waals surface area contributed by atoms with Crippen LogP contribution in [0.4, 0.5) is 0 Å². The topological polar surface area (TPSA) is 108 Å². The number of carbonyl (C=O) groups is 2. The third-order valence-corrected chi connectivity index (χ3v) is 10.8. The zero-order valence-electron chi connectivity index (χ0n) is 22.9. The molecule has 7 nitrogen and oxygen atoms in total. The average molecular weight is 523 g/mol. The van der Waals surface area contributed by atoms with Crippen LogP contribution in [-0.2, 0) is 20.8 Å². The summed E-state index contributed by atoms with van der Waals surface area (Å²) >= 11 is 0. The lowest BCUT2D eigenvalue weighted by molar-refractivity contribution is -0.142. The third kappa shape index (κ3) is 4.78. The first kappa shape index (κ1) is 26.9. The highest BCUT2D eigenvalue weighted by atomic mass is 16.6. The lowest BCUT2D eigenvalue weighted by Crippen LogP contribution is -2.53. The van der Waals surface area contributed by atoms with E-state index in [-0.39, 0.29) is 23.9 Å². The summed E-state index contributed by atoms with van der Waals surface area (Å²) < 4.78 is 0. The van der Waals surface area contributed by atoms with Gasteiger partial charge in [-0.05, 0) is 98.5 Å². The van der Waals surface area contributed by atoms with Gasteiger partial charge in [-0.15, -0.1) is 0 Å². The highest BCUT2D eigenvalue weighted by Crippen LogP contribution is 2.67. The van der Waals surface area contributed by atoms with Gasteiger partial charge in [0.05, 0.1) is 11.3 Å². The number of rotatable bonds is 7. The van der Waals surface area contributed by atoms with Gasteiger partial charge in [0.15, 0.2) is 6.61 Å². The highest BCUT2D eigenvalue weighted by molar-refractivity contribution is 5.96. The molecule has 38 heavy (non-hydrogen) atoms. The molecule has 1 amide bonds. The molecule has 1 aromatic rings. The summed E-state index contributed by atoms with van der Waals surface area (Å²) in [5, 5.41) is 27.5. The first-order chi connectivity index (χ1) is 18.0. The smallest absolute Gasteiger partial charge is 0.326 e. The minimum Gasteiger partial charge on any atom is -0.480 e. The summed E-state index contributed by atoms with van der Waals surface area (Å²) in [6.07, 6.45) is 10.7. The Hall–Kier alpha value is -2.67. The highest BCUT2D eigenvalue weighted by Gasteiger charge is 2.62. The monoisotopic (exact) mass is 522 g/mol. The van der Waals surface area contributed by atoms with E-state index in [4.69, 9.17) is 4.84 Å². The van der Waals surface area contributed by atoms with Crippen molar-refractivity contribution in [1.82, 2.24) is 5.32 Å². The normalized spacial score (nSPS) is 37.8. The van der Waals surface area contributed by atoms with Gasteiger partial charge in [0.1, 0.15) is 6.04 Å². The van der Waals surface area contributed by atoms with Crippen molar-refractivity contribution in [3.8, 4) is 0 Å². The Kier molecular flexibility index (Phi) is 7.18. The zero-order chi connectivity index (χ0) is 27.1. The second-order valence-corrected chi connectivity index (χ2v) is 12.8. The molecule has 3 N–H and O–H groups in total. The Morgan fingerprint density at radius 1 is 1.05 bits per heavy atom. The number of benzene rings is 1. The second kappa shape index (κ2) is 10.1. The number of aliphatic carboxylic acids is 1. The standard InChI is InChI=1S/C31H42N2O5/c1-29-14-11-22(33-38-19-27(34)32-26(28(35)36)17-20-7-5-4-6-8-20)18-21(29)9-10-23-24(29)12-15-30(2)25(23)13-16-31(30,3)37/h4-8,18,23-26,37H,9-17,19H2,1-3H3,(H,32,34)(H,35,36)/b33-22+/t23-,24+,25+,26?,29+,30+,31+/m1/s1. The molecule has 7 atom stereocenters. The van der Waals surface area contributed by atoms with Crippen molar-refractivity contribution in [2.45, 2.75) is 90.2 Å². The second-order valence-electron chi connectivity index (χ2n) is 12.8. The Labute approximate surface area is 225 Å². The molecule has 5 rings (SSSR count). The summed E-state index contributed by atoms with van der Waals surface area (Å²) in [6.45, 7) is 6.49. The van der Waals surface area contributed by atoms with Gasteiger partial charge in [0, 0.05) is 6.42 Å². The van der Waals surface area contributed by atoms with Gasteiger partial charge < -0.3 is 20.4 Å². The molecule has 7 heteroatoms. The van der Waals surface area contributed by atoms with E-state index in [1.54, 1.807) is 0 Å². The summed E-state index contributed by atoms with van der Waals surface area (Å²) in [7, 11) is 0. The first-order valence-corrected chi connectivity index (χ1v) is 14.2. The van der Waals surface area contributed by atoms with Crippen LogP contribution in [0.2, 0.25) is 0 Å². The Bertz CT molecular complexity index is 1130. The number of fused-ring (bicyclic) bond motifs is 5. The molecular formula is C31H42N2O5. The SMILES string of the molecule is C[C@]12CC/C(=N\OCC(=O)NC(Cc3ccccc3)C(=O)O)C=C1CC[C@@H]1[C@@H]2CC[C@@]2(C)[C@H]1CC[C@]2(C)O. The van der Waals surface area contributed by atoms with E-state index in [9.17, 15) is 19.8 Å². The number of hydrogen-bond acceptors (Lipinski definition) is 5. The van der Waals surface area contributed by atoms with Crippen molar-refractivity contribution in [3.05, 3.63) is 47.5 Å². The maximum atomic E-state index is 12.4. The van der Waals surface area contributed by atoms with Gasteiger partial charge in [-0.1, -0.05) is 54.9 Å². The minimum absolute atomic E-state index is 0.0299. The lowest BCUT2D eigenvalue weighted by Gasteiger charge is -2.59. The van der Waals surface area contributed by atoms with Crippen molar-refractivity contribution in [2.24, 2.45) is 33.7 Å². The van der Waals surface area contributed by atoms with Crippen molar-refractivity contribution in [1.29, 1.82) is 0 Å². The van der Waals surface area contributed by atoms with Crippen LogP contribution in [0, 0.1) is 28.6 Å². The number of oxime groups is 1. The van der Waals surface area contributed by atoms with E-state index >= 15 is 0 Å². The van der Waals surface area contributed by atoms with Crippen LogP contribution in [-0.4, -0.2) is 46.1 Å². The Morgan fingerprint density at radius 3 is 2.53 bits per heavy atom. The van der Waals surface area contributed by atoms with E-state index in [0.717, 1.165) is 56.2 Å². The molecule has 4 aliphatic rings. The van der Waals surface area contributed by atoms with Crippen LogP contribution in [0.5, 0.6) is 0 Å². The summed E-state index contributed by atoms with van der Waals surface area (Å²) in [4.78, 5) is 29.4. The predicted molar refractivity (Wildman–Crippen MR) is 145 cm³/mol. The Morgan fingerprint density at radius 2 is 1.79 bits per heavy atom. The lowest BCUT2D eigenvalue weighted by atomic mass is 9.46. The summed E-state index contributed by atoms with van der Waals surface area (Å²) in [5.41, 5.74) is 2.77. The molecule has 0 heterocycles. The molecule has 0 aromatic heterocycles. The maximum Gasteiger partial charge on any atom is 0.326 e. The van der Waals surface area contributed by atoms with Crippen LogP contribution in [0.1, 0.15) is 77.7 Å². The first-order valence-electron chi connectivity index (χ1n) is 14.2. The van der Waals surface area contributed by atoms with Gasteiger partial charge in [-0.3, -0.25) is 4.79 Å². The van der Waals surface area contributed by atoms with Gasteiger partial charge in [-0.25, -0.2) is 4.79 Å². The predicted octanol–water partition coefficient (Wildman–Crippen LogP) is 4.88. The van der Waals surface area contributed by atoms with Crippen LogP contribution in [0.3, 0.4) is 0 Å². The minimum atomic E-state index is -1.08. The number of aliphatic hydroxyl groups is 1. The number of amides is 1. The molecular weight excluding hydrogens is 480 g/mol. The van der Waals surface area contributed by atoms with Crippen LogP contribution in [0.25, 0.3) is 0 Å². The molecule has 0 aliphatic heterocycles. The number of nitrogens with one attached hydrogen (secondary N) is 1. The summed E-state index contributed by atoms with van der Waals surface area (Å²) in [5.74, 6) is 0.332. The van der Waals surface area contributed by atoms with Gasteiger partial charge in [0.25, 0.3) is 5.91 Å². The number of carboxylic acid groups (broad SMARTS) is 1. The molecule has 0 bridgehead atoms. The van der Waals surface area contributed by atoms with Crippen LogP contribution in [0.15, 0.2) is 47.1 Å². The van der Waals surface area contributed by atoms with Crippen molar-refractivity contribution >= 4 is 17.6 Å². The number of nitrogens with zero attached hydrogens (tertiary/aromatic N) is 1. The van der Waals surface area contributed by atoms with Crippen LogP contribution < -0.4 is 5.32 Å². The van der Waals surface area contributed by atoms with Gasteiger partial charge in [0.2, 0.25) is 0 Å². The van der Waals surface area contributed by atoms with Crippen molar-refractivity contribution in [2.75, 3.05) is 6.61 Å². The molecule has 0 radical (unpaired) electrons. The Balaban J connectivity index is 1.19. The summed E-state index contributed by atoms with van der Waals surface area (Å²) in [6, 6.07) is 8.21. The largest absolute Gasteiger partial charge is 0.480 e. The van der Waals surface area contributed by atoms with E-state index in [1.807, 2.05) is 30.3 Å². The molecule has 1 unspecified atom stereocenters. The van der Waals surface area contributed by atoms with Gasteiger partial charge >= 0.3 is 5.97 Å². The fourth-order valence-electron chi connectivity index (χ4n) is 8.35. The average Bonchev–Trinajstić information content (AvgIpc) is 3.13. The fourth-order valence-corrected chi connectivity index (χ4v) is 8.35. The molecule has 3 saturated carbocycles. The third-order valence-electron chi connectivity index (χ3n) is 10.8. The van der Waals surface area contributed by atoms with E-state index in [1.165, 1.54) is 12.0 Å². The number of carbonyl (C=O) groups excluding carboxylic acids is 1. The van der Waals surface area contributed by atoms with Crippen molar-refractivity contribution in [3.63, 3.8) is 0 Å². The maximum absolute atomic E-state index is 12.4. The van der Waals surface area contributed by atoms with Gasteiger partial charge in [-0.2, -0.15) is 0 Å². The van der Waals surface area contributed by atoms with Crippen molar-refractivity contribution < 1.29 is 24.6 Å². The molecule has 206 valence electrons. The number of hydrogen-bond donors (Lipinski definition) is 3. The molecule has 0 spiro atoms.